The summed E-state index contributed by atoms with van der Waals surface area (Å²) in [4.78, 5) is 35.3. The van der Waals surface area contributed by atoms with Crippen molar-refractivity contribution in [3.63, 3.8) is 0 Å². The first-order chi connectivity index (χ1) is 13.4. The Morgan fingerprint density at radius 2 is 1.93 bits per heavy atom. The van der Waals surface area contributed by atoms with Gasteiger partial charge in [0.25, 0.3) is 0 Å². The summed E-state index contributed by atoms with van der Waals surface area (Å²) in [7, 11) is 1.53. The summed E-state index contributed by atoms with van der Waals surface area (Å²) in [5.74, 6) is 0.0165. The Hall–Kier alpha value is -2.37. The van der Waals surface area contributed by atoms with Gasteiger partial charge in [-0.15, -0.1) is 0 Å². The van der Waals surface area contributed by atoms with Crippen LogP contribution >= 0.6 is 0 Å². The van der Waals surface area contributed by atoms with Crippen molar-refractivity contribution < 1.29 is 24.2 Å². The van der Waals surface area contributed by atoms with E-state index in [0.29, 0.717) is 29.2 Å². The van der Waals surface area contributed by atoms with Crippen LogP contribution in [0.1, 0.15) is 74.2 Å². The number of carbonyl (C=O) groups is 3. The fraction of sp³-hybridized carbons (Fsp3) is 0.591. The molecule has 0 saturated heterocycles. The Bertz CT molecular complexity index is 694. The third-order valence-electron chi connectivity index (χ3n) is 5.45. The molecule has 2 N–H and O–H groups in total. The zero-order chi connectivity index (χ0) is 20.5. The zero-order valence-corrected chi connectivity index (χ0v) is 16.8. The van der Waals surface area contributed by atoms with Crippen molar-refractivity contribution in [1.82, 2.24) is 5.32 Å². The smallest absolute Gasteiger partial charge is 0.303 e. The van der Waals surface area contributed by atoms with Crippen molar-refractivity contribution in [2.45, 2.75) is 70.8 Å². The average Bonchev–Trinajstić information content (AvgIpc) is 2.66. The molecule has 0 radical (unpaired) electrons. The van der Waals surface area contributed by atoms with Crippen molar-refractivity contribution in [2.75, 3.05) is 7.11 Å². The van der Waals surface area contributed by atoms with Crippen molar-refractivity contribution in [2.24, 2.45) is 5.92 Å². The fourth-order valence-corrected chi connectivity index (χ4v) is 3.96. The molecule has 1 atom stereocenters. The lowest BCUT2D eigenvalue weighted by molar-refractivity contribution is -0.137. The number of benzene rings is 1. The number of carbonyl (C=O) groups excluding carboxylic acids is 2. The lowest BCUT2D eigenvalue weighted by Gasteiger charge is -2.27. The molecule has 1 aliphatic rings. The molecule has 1 aromatic carbocycles. The number of ether oxygens (including phenoxy) is 1. The number of nitrogens with one attached hydrogen (secondary N) is 1. The Kier molecular flexibility index (Phi) is 8.48. The van der Waals surface area contributed by atoms with E-state index in [0.717, 1.165) is 19.3 Å². The number of carboxylic acid groups (broad SMARTS) is 1. The van der Waals surface area contributed by atoms with Gasteiger partial charge < -0.3 is 15.2 Å². The van der Waals surface area contributed by atoms with Crippen LogP contribution in [0.2, 0.25) is 0 Å². The molecule has 1 fully saturated rings. The van der Waals surface area contributed by atoms with Crippen LogP contribution in [-0.2, 0) is 16.0 Å². The number of rotatable bonds is 10. The molecule has 0 aliphatic heterocycles. The predicted molar refractivity (Wildman–Crippen MR) is 107 cm³/mol. The molecule has 1 amide bonds. The predicted octanol–water partition coefficient (Wildman–Crippen LogP) is 3.76. The van der Waals surface area contributed by atoms with E-state index in [1.165, 1.54) is 33.3 Å². The molecule has 2 rings (SSSR count). The molecule has 1 saturated carbocycles. The number of methoxy groups -OCH3 is 1. The monoisotopic (exact) mass is 389 g/mol. The molecule has 6 heteroatoms. The first-order valence-corrected chi connectivity index (χ1v) is 10.1. The Labute approximate surface area is 166 Å². The maximum absolute atomic E-state index is 12.7. The van der Waals surface area contributed by atoms with Crippen LogP contribution in [0.4, 0.5) is 0 Å². The number of aliphatic carboxylic acids is 1. The summed E-state index contributed by atoms with van der Waals surface area (Å²) < 4.78 is 5.32. The highest BCUT2D eigenvalue weighted by Gasteiger charge is 2.22. The average molecular weight is 389 g/mol. The molecule has 0 bridgehead atoms. The van der Waals surface area contributed by atoms with Crippen LogP contribution in [0.15, 0.2) is 18.2 Å². The molecule has 0 spiro atoms. The third-order valence-corrected chi connectivity index (χ3v) is 5.45. The minimum absolute atomic E-state index is 0.0425. The minimum Gasteiger partial charge on any atom is -0.496 e. The first kappa shape index (κ1) is 21.9. The fourth-order valence-electron chi connectivity index (χ4n) is 3.96. The van der Waals surface area contributed by atoms with Gasteiger partial charge in [-0.05, 0) is 43.9 Å². The highest BCUT2D eigenvalue weighted by atomic mass is 16.5. The van der Waals surface area contributed by atoms with Crippen LogP contribution in [-0.4, -0.2) is 35.9 Å². The van der Waals surface area contributed by atoms with Crippen molar-refractivity contribution >= 4 is 17.7 Å². The highest BCUT2D eigenvalue weighted by Crippen LogP contribution is 2.28. The third kappa shape index (κ3) is 6.98. The van der Waals surface area contributed by atoms with E-state index in [1.807, 2.05) is 0 Å². The molecule has 0 aromatic heterocycles. The van der Waals surface area contributed by atoms with Gasteiger partial charge >= 0.3 is 5.97 Å². The highest BCUT2D eigenvalue weighted by molar-refractivity contribution is 5.94. The molecule has 1 aliphatic carbocycles. The van der Waals surface area contributed by atoms with E-state index < -0.39 is 5.97 Å². The standard InChI is InChI=1S/C22H31NO5/c1-15(24)17-8-10-20(28-2)18(13-17)14-21(25)23-19(9-11-22(26)27)12-16-6-4-3-5-7-16/h8,10,13,16,19H,3-7,9,11-12,14H2,1-2H3,(H,23,25)(H,26,27). The van der Waals surface area contributed by atoms with E-state index in [2.05, 4.69) is 5.32 Å². The second-order valence-electron chi connectivity index (χ2n) is 7.70. The van der Waals surface area contributed by atoms with Crippen LogP contribution in [0.3, 0.4) is 0 Å². The van der Waals surface area contributed by atoms with E-state index in [9.17, 15) is 14.4 Å². The van der Waals surface area contributed by atoms with Gasteiger partial charge in [0.05, 0.1) is 13.5 Å². The molecule has 1 aromatic rings. The second-order valence-corrected chi connectivity index (χ2v) is 7.70. The summed E-state index contributed by atoms with van der Waals surface area (Å²) in [5.41, 5.74) is 1.19. The van der Waals surface area contributed by atoms with Crippen molar-refractivity contribution in [1.29, 1.82) is 0 Å². The maximum Gasteiger partial charge on any atom is 0.303 e. The number of ketones is 1. The van der Waals surface area contributed by atoms with Gasteiger partial charge in [-0.3, -0.25) is 14.4 Å². The molecular formula is C22H31NO5. The van der Waals surface area contributed by atoms with Gasteiger partial charge in [0.2, 0.25) is 5.91 Å². The second kappa shape index (κ2) is 10.8. The van der Waals surface area contributed by atoms with Gasteiger partial charge in [-0.25, -0.2) is 0 Å². The Balaban J connectivity index is 2.04. The molecule has 6 nitrogen and oxygen atoms in total. The number of amides is 1. The summed E-state index contributed by atoms with van der Waals surface area (Å²) in [5, 5.41) is 12.1. The van der Waals surface area contributed by atoms with Crippen LogP contribution < -0.4 is 10.1 Å². The summed E-state index contributed by atoms with van der Waals surface area (Å²) in [6, 6.07) is 4.92. The van der Waals surface area contributed by atoms with E-state index in [1.54, 1.807) is 18.2 Å². The summed E-state index contributed by atoms with van der Waals surface area (Å²) in [6.07, 6.45) is 7.36. The Morgan fingerprint density at radius 1 is 1.21 bits per heavy atom. The van der Waals surface area contributed by atoms with Gasteiger partial charge in [0.15, 0.2) is 5.78 Å². The molecule has 1 unspecified atom stereocenters. The molecule has 28 heavy (non-hydrogen) atoms. The lowest BCUT2D eigenvalue weighted by Crippen LogP contribution is -2.38. The Morgan fingerprint density at radius 3 is 2.54 bits per heavy atom. The molecule has 154 valence electrons. The number of Topliss-reactive ketones (excluding diaryl/α,β-unsaturated/α-hetero) is 1. The lowest BCUT2D eigenvalue weighted by atomic mass is 9.84. The molecular weight excluding hydrogens is 358 g/mol. The first-order valence-electron chi connectivity index (χ1n) is 10.1. The summed E-state index contributed by atoms with van der Waals surface area (Å²) >= 11 is 0. The quantitative estimate of drug-likeness (QED) is 0.594. The zero-order valence-electron chi connectivity index (χ0n) is 16.8. The normalized spacial score (nSPS) is 15.6. The SMILES string of the molecule is COc1ccc(C(C)=O)cc1CC(=O)NC(CCC(=O)O)CC1CCCCC1. The van der Waals surface area contributed by atoms with E-state index >= 15 is 0 Å². The van der Waals surface area contributed by atoms with Crippen LogP contribution in [0.25, 0.3) is 0 Å². The number of carboxylic acids is 1. The van der Waals surface area contributed by atoms with Crippen LogP contribution in [0, 0.1) is 5.92 Å². The number of hydrogen-bond acceptors (Lipinski definition) is 4. The number of hydrogen-bond donors (Lipinski definition) is 2. The van der Waals surface area contributed by atoms with Crippen molar-refractivity contribution in [3.8, 4) is 5.75 Å². The van der Waals surface area contributed by atoms with E-state index in [-0.39, 0.29) is 30.6 Å². The van der Waals surface area contributed by atoms with Gasteiger partial charge in [0.1, 0.15) is 5.75 Å². The largest absolute Gasteiger partial charge is 0.496 e. The maximum atomic E-state index is 12.7. The van der Waals surface area contributed by atoms with Gasteiger partial charge in [0, 0.05) is 23.6 Å². The van der Waals surface area contributed by atoms with Gasteiger partial charge in [-0.2, -0.15) is 0 Å². The topological polar surface area (TPSA) is 92.7 Å². The van der Waals surface area contributed by atoms with Gasteiger partial charge in [-0.1, -0.05) is 32.1 Å². The minimum atomic E-state index is -0.848. The van der Waals surface area contributed by atoms with Crippen LogP contribution in [0.5, 0.6) is 5.75 Å². The molecule has 0 heterocycles. The van der Waals surface area contributed by atoms with Crippen molar-refractivity contribution in [3.05, 3.63) is 29.3 Å². The summed E-state index contributed by atoms with van der Waals surface area (Å²) in [6.45, 7) is 1.48. The van der Waals surface area contributed by atoms with E-state index in [4.69, 9.17) is 9.84 Å².